The Morgan fingerprint density at radius 1 is 0.778 bits per heavy atom. The van der Waals surface area contributed by atoms with Gasteiger partial charge in [-0.3, -0.25) is 5.32 Å². The van der Waals surface area contributed by atoms with E-state index in [4.69, 9.17) is 14.9 Å². The molecule has 1 aliphatic carbocycles. The maximum atomic E-state index is 13.2. The molecule has 36 heavy (non-hydrogen) atoms. The first kappa shape index (κ1) is 24.0. The van der Waals surface area contributed by atoms with Gasteiger partial charge in [-0.05, 0) is 67.5 Å². The van der Waals surface area contributed by atoms with E-state index in [1.807, 2.05) is 62.4 Å². The van der Waals surface area contributed by atoms with Gasteiger partial charge in [-0.25, -0.2) is 4.79 Å². The number of carbonyl (C=O) groups excluding carboxylic acids is 1. The maximum absolute atomic E-state index is 13.2. The molecule has 3 aromatic rings. The number of anilines is 1. The van der Waals surface area contributed by atoms with Crippen molar-refractivity contribution in [1.82, 2.24) is 0 Å². The van der Waals surface area contributed by atoms with E-state index in [-0.39, 0.29) is 17.9 Å². The first-order valence-electron chi connectivity index (χ1n) is 12.9. The summed E-state index contributed by atoms with van der Waals surface area (Å²) in [7, 11) is 0. The fourth-order valence-electron chi connectivity index (χ4n) is 5.63. The van der Waals surface area contributed by atoms with Crippen molar-refractivity contribution in [3.63, 3.8) is 0 Å². The van der Waals surface area contributed by atoms with E-state index in [0.29, 0.717) is 0 Å². The number of carbonyl (C=O) groups is 1. The normalized spacial score (nSPS) is 21.8. The van der Waals surface area contributed by atoms with E-state index in [1.54, 1.807) is 0 Å². The van der Waals surface area contributed by atoms with Gasteiger partial charge in [-0.15, -0.1) is 0 Å². The van der Waals surface area contributed by atoms with Crippen molar-refractivity contribution >= 4 is 23.2 Å². The lowest BCUT2D eigenvalue weighted by atomic mass is 9.71. The summed E-state index contributed by atoms with van der Waals surface area (Å²) in [6.45, 7) is 4.05. The molecule has 3 atom stereocenters. The van der Waals surface area contributed by atoms with Crippen LogP contribution < -0.4 is 5.32 Å². The molecule has 1 aliphatic heterocycles. The van der Waals surface area contributed by atoms with Crippen molar-refractivity contribution in [3.8, 4) is 0 Å². The number of hydrogen-bond donors (Lipinski definition) is 1. The molecule has 5 rings (SSSR count). The molecule has 0 spiro atoms. The molecule has 2 aliphatic rings. The summed E-state index contributed by atoms with van der Waals surface area (Å²) >= 11 is 0. The largest absolute Gasteiger partial charge is 0.445 e. The summed E-state index contributed by atoms with van der Waals surface area (Å²) in [5, 5.41) is 12.5. The van der Waals surface area contributed by atoms with Crippen molar-refractivity contribution in [2.75, 3.05) is 5.32 Å². The third-order valence-electron chi connectivity index (χ3n) is 7.14. The zero-order valence-electron chi connectivity index (χ0n) is 21.0. The van der Waals surface area contributed by atoms with Crippen molar-refractivity contribution < 1.29 is 9.53 Å². The van der Waals surface area contributed by atoms with Crippen LogP contribution in [-0.4, -0.2) is 23.6 Å². The Morgan fingerprint density at radius 2 is 1.36 bits per heavy atom. The zero-order valence-corrected chi connectivity index (χ0v) is 21.0. The number of fused-ring (bicyclic) bond motifs is 1. The first-order chi connectivity index (χ1) is 17.6. The van der Waals surface area contributed by atoms with Crippen LogP contribution in [0.5, 0.6) is 0 Å². The fourth-order valence-corrected chi connectivity index (χ4v) is 5.63. The maximum Gasteiger partial charge on any atom is 0.411 e. The lowest BCUT2D eigenvalue weighted by molar-refractivity contribution is 0.0678. The van der Waals surface area contributed by atoms with Gasteiger partial charge >= 0.3 is 6.09 Å². The summed E-state index contributed by atoms with van der Waals surface area (Å²) < 4.78 is 6.23. The lowest BCUT2D eigenvalue weighted by Gasteiger charge is -2.38. The van der Waals surface area contributed by atoms with Gasteiger partial charge in [-0.2, -0.15) is 10.2 Å². The van der Waals surface area contributed by atoms with Crippen LogP contribution in [0, 0.1) is 25.7 Å². The highest BCUT2D eigenvalue weighted by Gasteiger charge is 2.42. The topological polar surface area (TPSA) is 63.0 Å². The monoisotopic (exact) mass is 479 g/mol. The Bertz CT molecular complexity index is 1250. The lowest BCUT2D eigenvalue weighted by Crippen LogP contribution is -2.44. The highest BCUT2D eigenvalue weighted by Crippen LogP contribution is 2.38. The molecule has 5 heteroatoms. The molecule has 3 unspecified atom stereocenters. The molecular formula is C31H33N3O2. The zero-order chi connectivity index (χ0) is 24.9. The molecule has 0 bridgehead atoms. The van der Waals surface area contributed by atoms with Gasteiger partial charge in [-0.1, -0.05) is 79.6 Å². The summed E-state index contributed by atoms with van der Waals surface area (Å²) in [6.07, 6.45) is 4.33. The molecule has 3 aromatic carbocycles. The van der Waals surface area contributed by atoms with E-state index in [1.165, 1.54) is 0 Å². The van der Waals surface area contributed by atoms with Gasteiger partial charge in [0.25, 0.3) is 0 Å². The number of rotatable bonds is 4. The number of aryl methyl sites for hydroxylation is 2. The summed E-state index contributed by atoms with van der Waals surface area (Å²) in [5.74, 6) is 0.0600. The summed E-state index contributed by atoms with van der Waals surface area (Å²) in [4.78, 5) is 13.2. The molecule has 0 saturated heterocycles. The number of ether oxygens (including phenoxy) is 1. The molecule has 1 heterocycles. The molecule has 0 aromatic heterocycles. The first-order valence-corrected chi connectivity index (χ1v) is 12.9. The third-order valence-corrected chi connectivity index (χ3v) is 7.14. The van der Waals surface area contributed by atoms with Crippen LogP contribution >= 0.6 is 0 Å². The van der Waals surface area contributed by atoms with E-state index in [9.17, 15) is 4.79 Å². The average molecular weight is 480 g/mol. The number of nitrogens with one attached hydrogen (secondary N) is 1. The highest BCUT2D eigenvalue weighted by molar-refractivity contribution is 6.12. The van der Waals surface area contributed by atoms with Crippen molar-refractivity contribution in [1.29, 1.82) is 0 Å². The predicted molar refractivity (Wildman–Crippen MR) is 146 cm³/mol. The SMILES string of the molecule is Cc1cc(C)cc(NC(=O)OC2CCCCCC3C(c4ccccc4)=NN=C(c4ccccc4)C23)c1. The van der Waals surface area contributed by atoms with Crippen molar-refractivity contribution in [3.05, 3.63) is 101 Å². The molecule has 1 N–H and O–H groups in total. The van der Waals surface area contributed by atoms with Gasteiger partial charge in [0, 0.05) is 17.5 Å². The van der Waals surface area contributed by atoms with Gasteiger partial charge < -0.3 is 4.74 Å². The van der Waals surface area contributed by atoms with Gasteiger partial charge in [0.1, 0.15) is 6.10 Å². The Hall–Kier alpha value is -3.73. The minimum atomic E-state index is -0.416. The Morgan fingerprint density at radius 3 is 2.03 bits per heavy atom. The van der Waals surface area contributed by atoms with E-state index >= 15 is 0 Å². The average Bonchev–Trinajstić information content (AvgIpc) is 2.86. The molecule has 1 saturated carbocycles. The van der Waals surface area contributed by atoms with Gasteiger partial charge in [0.15, 0.2) is 0 Å². The second-order valence-corrected chi connectivity index (χ2v) is 9.92. The second-order valence-electron chi connectivity index (χ2n) is 9.92. The standard InChI is InChI=1S/C31H33N3O2/c1-21-18-22(2)20-25(19-21)32-31(35)36-27-17-11-5-10-16-26-28(27)30(24-14-8-4-9-15-24)34-33-29(26)23-12-6-3-7-13-23/h3-4,6-9,12-15,18-20,26-28H,5,10-11,16-17H2,1-2H3,(H,32,35). The van der Waals surface area contributed by atoms with Gasteiger partial charge in [0.05, 0.1) is 11.4 Å². The van der Waals surface area contributed by atoms with Crippen LogP contribution in [0.25, 0.3) is 0 Å². The number of hydrogen-bond acceptors (Lipinski definition) is 4. The summed E-state index contributed by atoms with van der Waals surface area (Å²) in [5.41, 5.74) is 6.98. The second kappa shape index (κ2) is 10.9. The van der Waals surface area contributed by atoms with Crippen molar-refractivity contribution in [2.24, 2.45) is 22.0 Å². The minimum absolute atomic E-state index is 0.0644. The van der Waals surface area contributed by atoms with E-state index in [2.05, 4.69) is 35.6 Å². The van der Waals surface area contributed by atoms with Crippen LogP contribution in [0.15, 0.2) is 89.1 Å². The van der Waals surface area contributed by atoms with Crippen molar-refractivity contribution in [2.45, 2.75) is 52.1 Å². The fraction of sp³-hybridized carbons (Fsp3) is 0.323. The highest BCUT2D eigenvalue weighted by atomic mass is 16.6. The summed E-state index contributed by atoms with van der Waals surface area (Å²) in [6, 6.07) is 26.5. The molecule has 0 radical (unpaired) electrons. The molecular weight excluding hydrogens is 446 g/mol. The minimum Gasteiger partial charge on any atom is -0.445 e. The molecule has 1 amide bonds. The van der Waals surface area contributed by atoms with Crippen LogP contribution in [-0.2, 0) is 4.74 Å². The Balaban J connectivity index is 1.49. The number of amides is 1. The number of nitrogens with zero attached hydrogens (tertiary/aromatic N) is 2. The van der Waals surface area contributed by atoms with Gasteiger partial charge in [0.2, 0.25) is 0 Å². The van der Waals surface area contributed by atoms with Crippen LogP contribution in [0.3, 0.4) is 0 Å². The molecule has 5 nitrogen and oxygen atoms in total. The van der Waals surface area contributed by atoms with Crippen LogP contribution in [0.4, 0.5) is 10.5 Å². The molecule has 184 valence electrons. The Labute approximate surface area is 213 Å². The van der Waals surface area contributed by atoms with E-state index < -0.39 is 6.09 Å². The quantitative estimate of drug-likeness (QED) is 0.426. The van der Waals surface area contributed by atoms with E-state index in [0.717, 1.165) is 71.5 Å². The third kappa shape index (κ3) is 5.40. The smallest absolute Gasteiger partial charge is 0.411 e. The number of benzene rings is 3. The predicted octanol–water partition coefficient (Wildman–Crippen LogP) is 7.32. The molecule has 1 fully saturated rings. The van der Waals surface area contributed by atoms with Crippen LogP contribution in [0.2, 0.25) is 0 Å². The van der Waals surface area contributed by atoms with Crippen LogP contribution in [0.1, 0.15) is 54.4 Å². The Kier molecular flexibility index (Phi) is 7.26.